The smallest absolute Gasteiger partial charge is 0.293 e. The maximum absolute atomic E-state index is 11.8. The van der Waals surface area contributed by atoms with Gasteiger partial charge in [0.1, 0.15) is 6.10 Å². The van der Waals surface area contributed by atoms with E-state index in [4.69, 9.17) is 9.78 Å². The summed E-state index contributed by atoms with van der Waals surface area (Å²) in [6, 6.07) is 7.46. The molecule has 1 aliphatic carbocycles. The standard InChI is InChI=1S/C16H22O3/c1-3-13-8-10-14(11-9-13)16(17)19-18-15-7-5-4-6-12(15)2/h8-12,15H,3-7H2,1-2H3. The lowest BCUT2D eigenvalue weighted by Gasteiger charge is -2.26. The summed E-state index contributed by atoms with van der Waals surface area (Å²) in [5, 5.41) is 0. The van der Waals surface area contributed by atoms with Crippen LogP contribution in [0.1, 0.15) is 55.5 Å². The SMILES string of the molecule is CCc1ccc(C(=O)OOC2CCCCC2C)cc1. The number of hydrogen-bond donors (Lipinski definition) is 0. The van der Waals surface area contributed by atoms with Crippen LogP contribution in [0.5, 0.6) is 0 Å². The fraction of sp³-hybridized carbons (Fsp3) is 0.562. The van der Waals surface area contributed by atoms with Gasteiger partial charge in [0, 0.05) is 0 Å². The van der Waals surface area contributed by atoms with Gasteiger partial charge in [0.2, 0.25) is 0 Å². The molecule has 3 heteroatoms. The van der Waals surface area contributed by atoms with E-state index in [9.17, 15) is 4.79 Å². The Labute approximate surface area is 114 Å². The number of rotatable bonds is 4. The van der Waals surface area contributed by atoms with E-state index in [0.29, 0.717) is 11.5 Å². The van der Waals surface area contributed by atoms with Crippen molar-refractivity contribution in [3.63, 3.8) is 0 Å². The number of carbonyl (C=O) groups is 1. The molecule has 1 saturated carbocycles. The van der Waals surface area contributed by atoms with Crippen LogP contribution in [0.2, 0.25) is 0 Å². The first-order valence-electron chi connectivity index (χ1n) is 7.17. The van der Waals surface area contributed by atoms with Gasteiger partial charge in [-0.25, -0.2) is 4.79 Å². The Morgan fingerprint density at radius 3 is 2.53 bits per heavy atom. The minimum Gasteiger partial charge on any atom is -0.293 e. The molecule has 2 atom stereocenters. The topological polar surface area (TPSA) is 35.5 Å². The van der Waals surface area contributed by atoms with E-state index in [1.54, 1.807) is 12.1 Å². The predicted molar refractivity (Wildman–Crippen MR) is 73.7 cm³/mol. The van der Waals surface area contributed by atoms with Crippen LogP contribution in [0.4, 0.5) is 0 Å². The Hall–Kier alpha value is -1.35. The van der Waals surface area contributed by atoms with Crippen LogP contribution in [0, 0.1) is 5.92 Å². The van der Waals surface area contributed by atoms with Gasteiger partial charge in [-0.2, -0.15) is 4.89 Å². The zero-order chi connectivity index (χ0) is 13.7. The first-order chi connectivity index (χ1) is 9.20. The zero-order valence-corrected chi connectivity index (χ0v) is 11.7. The summed E-state index contributed by atoms with van der Waals surface area (Å²) < 4.78 is 0. The van der Waals surface area contributed by atoms with Crippen LogP contribution in [-0.2, 0) is 16.2 Å². The molecular weight excluding hydrogens is 240 g/mol. The van der Waals surface area contributed by atoms with Gasteiger partial charge in [0.15, 0.2) is 0 Å². The molecular formula is C16H22O3. The maximum atomic E-state index is 11.8. The lowest BCUT2D eigenvalue weighted by molar-refractivity contribution is -0.289. The largest absolute Gasteiger partial charge is 0.373 e. The first kappa shape index (κ1) is 14.1. The summed E-state index contributed by atoms with van der Waals surface area (Å²) in [7, 11) is 0. The molecule has 0 N–H and O–H groups in total. The molecule has 0 aliphatic heterocycles. The Kier molecular flexibility index (Phi) is 4.97. The number of aryl methyl sites for hydroxylation is 1. The van der Waals surface area contributed by atoms with Crippen LogP contribution >= 0.6 is 0 Å². The third kappa shape index (κ3) is 3.80. The normalized spacial score (nSPS) is 23.1. The summed E-state index contributed by atoms with van der Waals surface area (Å²) in [5.41, 5.74) is 1.75. The van der Waals surface area contributed by atoms with E-state index in [-0.39, 0.29) is 6.10 Å². The second-order valence-electron chi connectivity index (χ2n) is 5.32. The molecule has 0 heterocycles. The van der Waals surface area contributed by atoms with Crippen molar-refractivity contribution in [2.45, 2.75) is 52.1 Å². The Morgan fingerprint density at radius 1 is 1.21 bits per heavy atom. The molecule has 0 saturated heterocycles. The van der Waals surface area contributed by atoms with E-state index in [0.717, 1.165) is 25.7 Å². The van der Waals surface area contributed by atoms with Crippen molar-refractivity contribution in [3.05, 3.63) is 35.4 Å². The highest BCUT2D eigenvalue weighted by molar-refractivity contribution is 5.88. The Balaban J connectivity index is 1.86. The first-order valence-corrected chi connectivity index (χ1v) is 7.17. The highest BCUT2D eigenvalue weighted by Crippen LogP contribution is 2.26. The minimum atomic E-state index is -0.402. The fourth-order valence-corrected chi connectivity index (χ4v) is 2.46. The summed E-state index contributed by atoms with van der Waals surface area (Å²) in [6.07, 6.45) is 5.53. The Bertz CT molecular complexity index is 411. The molecule has 0 aromatic heterocycles. The van der Waals surface area contributed by atoms with Crippen molar-refractivity contribution in [1.29, 1.82) is 0 Å². The van der Waals surface area contributed by atoms with Gasteiger partial charge in [-0.3, -0.25) is 4.89 Å². The third-order valence-electron chi connectivity index (χ3n) is 3.88. The van der Waals surface area contributed by atoms with Crippen molar-refractivity contribution >= 4 is 5.97 Å². The third-order valence-corrected chi connectivity index (χ3v) is 3.88. The minimum absolute atomic E-state index is 0.0487. The van der Waals surface area contributed by atoms with E-state index in [1.165, 1.54) is 12.0 Å². The van der Waals surface area contributed by atoms with E-state index in [2.05, 4.69) is 13.8 Å². The fourth-order valence-electron chi connectivity index (χ4n) is 2.46. The van der Waals surface area contributed by atoms with Crippen LogP contribution in [0.3, 0.4) is 0 Å². The molecule has 0 radical (unpaired) electrons. The van der Waals surface area contributed by atoms with Crippen LogP contribution < -0.4 is 0 Å². The lowest BCUT2D eigenvalue weighted by Crippen LogP contribution is -2.26. The average molecular weight is 262 g/mol. The Morgan fingerprint density at radius 2 is 1.89 bits per heavy atom. The van der Waals surface area contributed by atoms with Crippen LogP contribution in [-0.4, -0.2) is 12.1 Å². The number of carbonyl (C=O) groups excluding carboxylic acids is 1. The van der Waals surface area contributed by atoms with Crippen molar-refractivity contribution in [2.24, 2.45) is 5.92 Å². The second kappa shape index (κ2) is 6.71. The van der Waals surface area contributed by atoms with Gasteiger partial charge in [-0.15, -0.1) is 0 Å². The molecule has 0 bridgehead atoms. The molecule has 0 spiro atoms. The highest BCUT2D eigenvalue weighted by atomic mass is 17.2. The van der Waals surface area contributed by atoms with Crippen LogP contribution in [0.15, 0.2) is 24.3 Å². The van der Waals surface area contributed by atoms with E-state index >= 15 is 0 Å². The molecule has 1 aromatic rings. The van der Waals surface area contributed by atoms with Crippen molar-refractivity contribution < 1.29 is 14.6 Å². The molecule has 1 aliphatic rings. The van der Waals surface area contributed by atoms with E-state index < -0.39 is 5.97 Å². The predicted octanol–water partition coefficient (Wildman–Crippen LogP) is 3.92. The van der Waals surface area contributed by atoms with E-state index in [1.807, 2.05) is 12.1 Å². The number of hydrogen-bond acceptors (Lipinski definition) is 3. The van der Waals surface area contributed by atoms with Crippen molar-refractivity contribution in [3.8, 4) is 0 Å². The molecule has 0 amide bonds. The quantitative estimate of drug-likeness (QED) is 0.609. The zero-order valence-electron chi connectivity index (χ0n) is 11.7. The lowest BCUT2D eigenvalue weighted by atomic mass is 9.88. The summed E-state index contributed by atoms with van der Waals surface area (Å²) in [4.78, 5) is 22.1. The highest BCUT2D eigenvalue weighted by Gasteiger charge is 2.24. The summed E-state index contributed by atoms with van der Waals surface area (Å²) in [5.74, 6) is 0.0597. The monoisotopic (exact) mass is 262 g/mol. The summed E-state index contributed by atoms with van der Waals surface area (Å²) in [6.45, 7) is 4.23. The molecule has 104 valence electrons. The molecule has 1 fully saturated rings. The van der Waals surface area contributed by atoms with Crippen LogP contribution in [0.25, 0.3) is 0 Å². The van der Waals surface area contributed by atoms with Gasteiger partial charge in [0.25, 0.3) is 0 Å². The maximum Gasteiger partial charge on any atom is 0.373 e. The molecule has 3 nitrogen and oxygen atoms in total. The van der Waals surface area contributed by atoms with Gasteiger partial charge < -0.3 is 0 Å². The van der Waals surface area contributed by atoms with Gasteiger partial charge in [-0.1, -0.05) is 38.8 Å². The molecule has 2 unspecified atom stereocenters. The molecule has 1 aromatic carbocycles. The average Bonchev–Trinajstić information content (AvgIpc) is 2.46. The van der Waals surface area contributed by atoms with Crippen molar-refractivity contribution in [1.82, 2.24) is 0 Å². The van der Waals surface area contributed by atoms with Crippen molar-refractivity contribution in [2.75, 3.05) is 0 Å². The molecule has 2 rings (SSSR count). The number of benzene rings is 1. The summed E-state index contributed by atoms with van der Waals surface area (Å²) >= 11 is 0. The second-order valence-corrected chi connectivity index (χ2v) is 5.32. The van der Waals surface area contributed by atoms with Gasteiger partial charge >= 0.3 is 5.97 Å². The molecule has 19 heavy (non-hydrogen) atoms. The van der Waals surface area contributed by atoms with Gasteiger partial charge in [0.05, 0.1) is 5.56 Å². The van der Waals surface area contributed by atoms with Gasteiger partial charge in [-0.05, 0) is 42.9 Å².